The lowest BCUT2D eigenvalue weighted by atomic mass is 9.97. The third kappa shape index (κ3) is 4.97. The largest absolute Gasteiger partial charge is 0.483 e. The number of carbonyl (C=O) groups excluding carboxylic acids is 1. The zero-order valence-electron chi connectivity index (χ0n) is 17.3. The number of rotatable bonds is 9. The predicted octanol–water partition coefficient (Wildman–Crippen LogP) is 5.08. The second kappa shape index (κ2) is 9.71. The first kappa shape index (κ1) is 21.8. The summed E-state index contributed by atoms with van der Waals surface area (Å²) in [5, 5.41) is 8.95. The number of Topliss-reactive ketones (excluding diaryl/α,β-unsaturated/α-hetero) is 1. The average Bonchev–Trinajstić information content (AvgIpc) is 3.07. The third-order valence-corrected chi connectivity index (χ3v) is 5.55. The number of hydrogen-bond donors (Lipinski definition) is 0. The van der Waals surface area contributed by atoms with Gasteiger partial charge in [-0.15, -0.1) is 16.8 Å². The van der Waals surface area contributed by atoms with E-state index >= 15 is 0 Å². The molecule has 30 heavy (non-hydrogen) atoms. The fraction of sp³-hybridized carbons (Fsp3) is 0.261. The van der Waals surface area contributed by atoms with Crippen molar-refractivity contribution >= 4 is 17.5 Å². The number of carbonyl (C=O) groups is 1. The third-order valence-electron chi connectivity index (χ3n) is 4.59. The number of allylic oxidation sites excluding steroid dienone is 1. The van der Waals surface area contributed by atoms with Crippen LogP contribution in [0.4, 0.5) is 4.39 Å². The van der Waals surface area contributed by atoms with Crippen LogP contribution >= 0.6 is 11.8 Å². The number of hydrogen-bond acceptors (Lipinski definition) is 5. The molecule has 5 nitrogen and oxygen atoms in total. The van der Waals surface area contributed by atoms with Crippen molar-refractivity contribution in [2.45, 2.75) is 39.1 Å². The molecule has 1 heterocycles. The smallest absolute Gasteiger partial charge is 0.192 e. The molecule has 0 unspecified atom stereocenters. The van der Waals surface area contributed by atoms with E-state index in [0.29, 0.717) is 17.5 Å². The van der Waals surface area contributed by atoms with E-state index < -0.39 is 5.82 Å². The van der Waals surface area contributed by atoms with Crippen LogP contribution in [0.25, 0.3) is 0 Å². The van der Waals surface area contributed by atoms with Gasteiger partial charge in [0.2, 0.25) is 0 Å². The standard InChI is InChI=1S/C23H24FN3O2S/c1-5-10-27-21(13-29-20-9-7-6-8-18(20)24)25-26-23(27)30-14-19(28)22-16(3)11-15(2)12-17(22)4/h5-9,11-12H,1,10,13-14H2,2-4H3. The van der Waals surface area contributed by atoms with E-state index in [2.05, 4.69) is 16.8 Å². The normalized spacial score (nSPS) is 10.8. The van der Waals surface area contributed by atoms with Gasteiger partial charge in [0.05, 0.1) is 5.75 Å². The summed E-state index contributed by atoms with van der Waals surface area (Å²) in [5.74, 6) is 0.550. The van der Waals surface area contributed by atoms with Crippen molar-refractivity contribution in [3.8, 4) is 5.75 Å². The molecule has 1 aromatic heterocycles. The number of para-hydroxylation sites is 1. The van der Waals surface area contributed by atoms with Gasteiger partial charge in [-0.2, -0.15) is 0 Å². The molecule has 156 valence electrons. The summed E-state index contributed by atoms with van der Waals surface area (Å²) in [7, 11) is 0. The number of benzene rings is 2. The zero-order chi connectivity index (χ0) is 21.7. The Hall–Kier alpha value is -2.93. The summed E-state index contributed by atoms with van der Waals surface area (Å²) in [6.07, 6.45) is 1.72. The highest BCUT2D eigenvalue weighted by Crippen LogP contribution is 2.23. The molecule has 3 aromatic rings. The van der Waals surface area contributed by atoms with Crippen molar-refractivity contribution in [3.05, 3.63) is 82.9 Å². The van der Waals surface area contributed by atoms with E-state index in [1.54, 1.807) is 24.3 Å². The molecule has 0 aliphatic heterocycles. The maximum absolute atomic E-state index is 13.8. The average molecular weight is 426 g/mol. The summed E-state index contributed by atoms with van der Waals surface area (Å²) in [6, 6.07) is 10.2. The Morgan fingerprint density at radius 1 is 1.20 bits per heavy atom. The number of ketones is 1. The predicted molar refractivity (Wildman–Crippen MR) is 117 cm³/mol. The van der Waals surface area contributed by atoms with Gasteiger partial charge in [-0.3, -0.25) is 9.36 Å². The first-order chi connectivity index (χ1) is 14.4. The molecule has 2 aromatic carbocycles. The van der Waals surface area contributed by atoms with Crippen LogP contribution < -0.4 is 4.74 Å². The molecule has 0 bridgehead atoms. The molecular weight excluding hydrogens is 401 g/mol. The van der Waals surface area contributed by atoms with Crippen LogP contribution in [0.3, 0.4) is 0 Å². The molecule has 0 aliphatic rings. The minimum Gasteiger partial charge on any atom is -0.483 e. The van der Waals surface area contributed by atoms with Gasteiger partial charge in [0.25, 0.3) is 0 Å². The molecule has 3 rings (SSSR count). The van der Waals surface area contributed by atoms with Gasteiger partial charge in [0.15, 0.2) is 28.3 Å². The Kier molecular flexibility index (Phi) is 7.05. The Morgan fingerprint density at radius 2 is 1.90 bits per heavy atom. The van der Waals surface area contributed by atoms with Gasteiger partial charge in [0.1, 0.15) is 6.61 Å². The van der Waals surface area contributed by atoms with Crippen molar-refractivity contribution < 1.29 is 13.9 Å². The summed E-state index contributed by atoms with van der Waals surface area (Å²) in [5.41, 5.74) is 3.85. The highest BCUT2D eigenvalue weighted by atomic mass is 32.2. The lowest BCUT2D eigenvalue weighted by molar-refractivity contribution is 0.102. The zero-order valence-corrected chi connectivity index (χ0v) is 18.1. The molecule has 0 radical (unpaired) electrons. The summed E-state index contributed by atoms with van der Waals surface area (Å²) >= 11 is 1.32. The quantitative estimate of drug-likeness (QED) is 0.272. The van der Waals surface area contributed by atoms with Crippen LogP contribution in [-0.2, 0) is 13.2 Å². The number of thioether (sulfide) groups is 1. The SMILES string of the molecule is C=CCn1c(COc2ccccc2F)nnc1SCC(=O)c1c(C)cc(C)cc1C. The van der Waals surface area contributed by atoms with Crippen LogP contribution in [0.1, 0.15) is 32.9 Å². The second-order valence-corrected chi connectivity index (χ2v) is 7.95. The Labute approximate surface area is 180 Å². The maximum Gasteiger partial charge on any atom is 0.192 e. The van der Waals surface area contributed by atoms with Crippen molar-refractivity contribution in [1.82, 2.24) is 14.8 Å². The molecule has 0 amide bonds. The Bertz CT molecular complexity index is 1060. The Balaban J connectivity index is 1.73. The number of aryl methyl sites for hydroxylation is 3. The molecule has 0 saturated carbocycles. The molecule has 0 spiro atoms. The van der Waals surface area contributed by atoms with Gasteiger partial charge in [0, 0.05) is 12.1 Å². The topological polar surface area (TPSA) is 57.0 Å². The van der Waals surface area contributed by atoms with Crippen LogP contribution in [-0.4, -0.2) is 26.3 Å². The highest BCUT2D eigenvalue weighted by Gasteiger charge is 2.17. The molecule has 0 aliphatic carbocycles. The van der Waals surface area contributed by atoms with Crippen LogP contribution in [0.2, 0.25) is 0 Å². The summed E-state index contributed by atoms with van der Waals surface area (Å²) in [4.78, 5) is 12.8. The molecular formula is C23H24FN3O2S. The van der Waals surface area contributed by atoms with Crippen molar-refractivity contribution in [3.63, 3.8) is 0 Å². The minimum absolute atomic E-state index is 0.0484. The van der Waals surface area contributed by atoms with Crippen LogP contribution in [0.15, 0.2) is 54.2 Å². The van der Waals surface area contributed by atoms with Crippen LogP contribution in [0.5, 0.6) is 5.75 Å². The monoisotopic (exact) mass is 425 g/mol. The minimum atomic E-state index is -0.434. The lowest BCUT2D eigenvalue weighted by Crippen LogP contribution is -2.10. The second-order valence-electron chi connectivity index (χ2n) is 7.00. The van der Waals surface area contributed by atoms with E-state index in [9.17, 15) is 9.18 Å². The summed E-state index contributed by atoms with van der Waals surface area (Å²) < 4.78 is 21.2. The van der Waals surface area contributed by atoms with E-state index in [1.165, 1.54) is 17.8 Å². The first-order valence-corrected chi connectivity index (χ1v) is 10.5. The molecule has 7 heteroatoms. The number of halogens is 1. The van der Waals surface area contributed by atoms with Gasteiger partial charge >= 0.3 is 0 Å². The lowest BCUT2D eigenvalue weighted by Gasteiger charge is -2.11. The molecule has 0 fully saturated rings. The number of ether oxygens (including phenoxy) is 1. The van der Waals surface area contributed by atoms with E-state index in [-0.39, 0.29) is 23.9 Å². The van der Waals surface area contributed by atoms with Crippen molar-refractivity contribution in [2.75, 3.05) is 5.75 Å². The fourth-order valence-electron chi connectivity index (χ4n) is 3.37. The molecule has 0 saturated heterocycles. The summed E-state index contributed by atoms with van der Waals surface area (Å²) in [6.45, 7) is 10.2. The maximum atomic E-state index is 13.8. The van der Waals surface area contributed by atoms with Crippen molar-refractivity contribution in [1.29, 1.82) is 0 Å². The molecule has 0 atom stereocenters. The van der Waals surface area contributed by atoms with Crippen molar-refractivity contribution in [2.24, 2.45) is 0 Å². The molecule has 0 N–H and O–H groups in total. The van der Waals surface area contributed by atoms with E-state index in [0.717, 1.165) is 22.3 Å². The fourth-order valence-corrected chi connectivity index (χ4v) is 4.21. The van der Waals surface area contributed by atoms with E-state index in [1.807, 2.05) is 37.5 Å². The van der Waals surface area contributed by atoms with E-state index in [4.69, 9.17) is 4.74 Å². The van der Waals surface area contributed by atoms with Gasteiger partial charge in [-0.25, -0.2) is 4.39 Å². The highest BCUT2D eigenvalue weighted by molar-refractivity contribution is 7.99. The first-order valence-electron chi connectivity index (χ1n) is 9.55. The van der Waals surface area contributed by atoms with Crippen LogP contribution in [0, 0.1) is 26.6 Å². The van der Waals surface area contributed by atoms with Gasteiger partial charge in [-0.05, 0) is 44.0 Å². The van der Waals surface area contributed by atoms with Gasteiger partial charge < -0.3 is 4.74 Å². The number of aromatic nitrogens is 3. The number of nitrogens with zero attached hydrogens (tertiary/aromatic N) is 3. The Morgan fingerprint density at radius 3 is 2.57 bits per heavy atom. The van der Waals surface area contributed by atoms with Gasteiger partial charge in [-0.1, -0.05) is 47.7 Å².